The molecule has 0 aromatic heterocycles. The molecule has 22 heavy (non-hydrogen) atoms. The monoisotopic (exact) mass is 362 g/mol. The van der Waals surface area contributed by atoms with E-state index in [-0.39, 0.29) is 23.6 Å². The van der Waals surface area contributed by atoms with Gasteiger partial charge in [-0.25, -0.2) is 0 Å². The van der Waals surface area contributed by atoms with Crippen LogP contribution in [0.5, 0.6) is 0 Å². The minimum atomic E-state index is -0.795. The molecule has 0 radical (unpaired) electrons. The van der Waals surface area contributed by atoms with Gasteiger partial charge in [0.1, 0.15) is 6.04 Å². The Morgan fingerprint density at radius 2 is 1.09 bits per heavy atom. The minimum absolute atomic E-state index is 0. The molecule has 0 fully saturated rings. The van der Waals surface area contributed by atoms with Crippen LogP contribution < -0.4 is 0 Å². The van der Waals surface area contributed by atoms with Crippen molar-refractivity contribution in [1.29, 1.82) is 0 Å². The van der Waals surface area contributed by atoms with E-state index in [1.807, 2.05) is 0 Å². The second-order valence-electron chi connectivity index (χ2n) is 3.98. The zero-order chi connectivity index (χ0) is 16.6. The maximum absolute atomic E-state index is 10.9. The summed E-state index contributed by atoms with van der Waals surface area (Å²) in [5.41, 5.74) is 0. The van der Waals surface area contributed by atoms with Crippen molar-refractivity contribution in [2.24, 2.45) is 0 Å². The third-order valence-corrected chi connectivity index (χ3v) is 1.67. The van der Waals surface area contributed by atoms with Gasteiger partial charge in [-0.1, -0.05) is 0 Å². The summed E-state index contributed by atoms with van der Waals surface area (Å²) in [5.74, 6) is -2.91. The first kappa shape index (κ1) is 22.6. The summed E-state index contributed by atoms with van der Waals surface area (Å²) >= 11 is 0. The van der Waals surface area contributed by atoms with Gasteiger partial charge in [-0.15, -0.1) is 0 Å². The van der Waals surface area contributed by atoms with E-state index in [9.17, 15) is 19.2 Å². The third kappa shape index (κ3) is 11.0. The van der Waals surface area contributed by atoms with E-state index in [1.54, 1.807) is 0 Å². The van der Waals surface area contributed by atoms with Crippen molar-refractivity contribution in [3.8, 4) is 0 Å². The molecule has 0 N–H and O–H groups in total. The number of carbonyl (C=O) groups is 4. The van der Waals surface area contributed by atoms with Crippen LogP contribution in [0.25, 0.3) is 0 Å². The molecule has 0 heterocycles. The maximum Gasteiger partial charge on any atom is 0.326 e. The minimum Gasteiger partial charge on any atom is -0.333 e. The standard InChI is InChI=1S/C11H18N2O8.Fe/c1-7(13(20-10(4)16)21-11(5)17)6-12(18-8(2)14)19-9(3)15;/h7H,6H2,1-5H3;. The van der Waals surface area contributed by atoms with E-state index in [4.69, 9.17) is 0 Å². The third-order valence-electron chi connectivity index (χ3n) is 1.67. The molecule has 1 unspecified atom stereocenters. The van der Waals surface area contributed by atoms with Crippen molar-refractivity contribution in [3.05, 3.63) is 0 Å². The molecule has 0 amide bonds. The number of hydrogen-bond acceptors (Lipinski definition) is 10. The van der Waals surface area contributed by atoms with Crippen LogP contribution >= 0.6 is 0 Å². The Hall–Kier alpha value is -1.68. The van der Waals surface area contributed by atoms with E-state index >= 15 is 0 Å². The van der Waals surface area contributed by atoms with Gasteiger partial charge in [0.15, 0.2) is 0 Å². The van der Waals surface area contributed by atoms with Gasteiger partial charge in [-0.3, -0.25) is 19.2 Å². The van der Waals surface area contributed by atoms with Gasteiger partial charge in [0.05, 0.1) is 6.54 Å². The maximum atomic E-state index is 10.9. The van der Waals surface area contributed by atoms with Gasteiger partial charge >= 0.3 is 23.9 Å². The fourth-order valence-corrected chi connectivity index (χ4v) is 1.11. The zero-order valence-electron chi connectivity index (χ0n) is 12.8. The summed E-state index contributed by atoms with van der Waals surface area (Å²) in [4.78, 5) is 62.3. The molecule has 11 heteroatoms. The first-order valence-corrected chi connectivity index (χ1v) is 5.92. The molecule has 128 valence electrons. The average molecular weight is 362 g/mol. The fourth-order valence-electron chi connectivity index (χ4n) is 1.11. The second kappa shape index (κ2) is 11.0. The van der Waals surface area contributed by atoms with Crippen LogP contribution in [-0.4, -0.2) is 46.9 Å². The first-order chi connectivity index (χ1) is 9.61. The normalized spacial score (nSPS) is 11.2. The molecule has 0 saturated heterocycles. The Balaban J connectivity index is 0. The van der Waals surface area contributed by atoms with Crippen molar-refractivity contribution >= 4 is 23.9 Å². The Bertz CT molecular complexity index is 385. The molecule has 0 bridgehead atoms. The van der Waals surface area contributed by atoms with E-state index in [1.165, 1.54) is 6.92 Å². The summed E-state index contributed by atoms with van der Waals surface area (Å²) in [6, 6.07) is -0.795. The molecule has 0 spiro atoms. The summed E-state index contributed by atoms with van der Waals surface area (Å²) < 4.78 is 0. The Morgan fingerprint density at radius 1 is 0.773 bits per heavy atom. The molecular weight excluding hydrogens is 344 g/mol. The second-order valence-corrected chi connectivity index (χ2v) is 3.98. The zero-order valence-corrected chi connectivity index (χ0v) is 13.9. The van der Waals surface area contributed by atoms with Gasteiger partial charge in [-0.2, -0.15) is 0 Å². The number of hydroxylamine groups is 4. The van der Waals surface area contributed by atoms with Crippen LogP contribution in [0.2, 0.25) is 0 Å². The average Bonchev–Trinajstić information content (AvgIpc) is 2.24. The van der Waals surface area contributed by atoms with Crippen LogP contribution in [-0.2, 0) is 55.6 Å². The van der Waals surface area contributed by atoms with E-state index in [2.05, 4.69) is 19.4 Å². The Labute approximate surface area is 137 Å². The van der Waals surface area contributed by atoms with Crippen LogP contribution in [0.3, 0.4) is 0 Å². The van der Waals surface area contributed by atoms with Gasteiger partial charge in [0.2, 0.25) is 0 Å². The van der Waals surface area contributed by atoms with Crippen LogP contribution in [0, 0.1) is 0 Å². The molecule has 0 aliphatic carbocycles. The summed E-state index contributed by atoms with van der Waals surface area (Å²) in [6.45, 7) is 5.68. The molecule has 0 rings (SSSR count). The topological polar surface area (TPSA) is 112 Å². The number of carbonyl (C=O) groups excluding carboxylic acids is 4. The van der Waals surface area contributed by atoms with Gasteiger partial charge < -0.3 is 19.4 Å². The van der Waals surface area contributed by atoms with Crippen LogP contribution in [0.15, 0.2) is 0 Å². The van der Waals surface area contributed by atoms with Gasteiger partial charge in [-0.05, 0) is 6.92 Å². The summed E-state index contributed by atoms with van der Waals surface area (Å²) in [7, 11) is 0. The smallest absolute Gasteiger partial charge is 0.326 e. The van der Waals surface area contributed by atoms with E-state index in [0.717, 1.165) is 27.7 Å². The number of nitrogens with zero attached hydrogens (tertiary/aromatic N) is 2. The van der Waals surface area contributed by atoms with Crippen LogP contribution in [0.1, 0.15) is 34.6 Å². The van der Waals surface area contributed by atoms with Crippen molar-refractivity contribution in [2.45, 2.75) is 40.7 Å². The number of rotatable bonds is 7. The van der Waals surface area contributed by atoms with Gasteiger partial charge in [0.25, 0.3) is 0 Å². The molecule has 0 aliphatic rings. The molecule has 0 aromatic carbocycles. The SMILES string of the molecule is CC(=O)ON(CC(C)N(OC(C)=O)OC(C)=O)OC(C)=O.[Fe]. The Kier molecular flexibility index (Phi) is 11.3. The van der Waals surface area contributed by atoms with Crippen molar-refractivity contribution < 1.29 is 55.6 Å². The predicted molar refractivity (Wildman–Crippen MR) is 65.1 cm³/mol. The first-order valence-electron chi connectivity index (χ1n) is 5.92. The Morgan fingerprint density at radius 3 is 1.36 bits per heavy atom. The predicted octanol–water partition coefficient (Wildman–Crippen LogP) is -0.111. The van der Waals surface area contributed by atoms with Crippen molar-refractivity contribution in [2.75, 3.05) is 6.54 Å². The fraction of sp³-hybridized carbons (Fsp3) is 0.636. The molecular formula is C11H18FeN2O8. The van der Waals surface area contributed by atoms with Crippen LogP contribution in [0.4, 0.5) is 0 Å². The van der Waals surface area contributed by atoms with E-state index < -0.39 is 29.9 Å². The molecule has 0 saturated carbocycles. The summed E-state index contributed by atoms with van der Waals surface area (Å²) in [6.07, 6.45) is 0. The molecule has 1 atom stereocenters. The van der Waals surface area contributed by atoms with Gasteiger partial charge in [0, 0.05) is 55.2 Å². The molecule has 10 nitrogen and oxygen atoms in total. The largest absolute Gasteiger partial charge is 0.333 e. The summed E-state index contributed by atoms with van der Waals surface area (Å²) in [5, 5.41) is 1.21. The van der Waals surface area contributed by atoms with Crippen molar-refractivity contribution in [1.82, 2.24) is 10.5 Å². The molecule has 0 aliphatic heterocycles. The van der Waals surface area contributed by atoms with Crippen molar-refractivity contribution in [3.63, 3.8) is 0 Å². The molecule has 0 aromatic rings. The quantitative estimate of drug-likeness (QED) is 0.449. The number of hydrogen-bond donors (Lipinski definition) is 0. The van der Waals surface area contributed by atoms with E-state index in [0.29, 0.717) is 10.5 Å².